The lowest BCUT2D eigenvalue weighted by atomic mass is 10.1. The van der Waals surface area contributed by atoms with Crippen LogP contribution in [0, 0.1) is 5.82 Å². The van der Waals surface area contributed by atoms with Crippen molar-refractivity contribution in [2.45, 2.75) is 26.3 Å². The monoisotopic (exact) mass is 276 g/mol. The Balaban J connectivity index is 2.25. The number of hydrogen-bond donors (Lipinski definition) is 1. The molecule has 0 fully saturated rings. The van der Waals surface area contributed by atoms with Gasteiger partial charge in [0.2, 0.25) is 0 Å². The highest BCUT2D eigenvalue weighted by Crippen LogP contribution is 2.21. The highest BCUT2D eigenvalue weighted by atomic mass is 19.1. The maximum Gasteiger partial charge on any atom is 0.132 e. The van der Waals surface area contributed by atoms with E-state index in [9.17, 15) is 4.39 Å². The molecule has 0 saturated carbocycles. The summed E-state index contributed by atoms with van der Waals surface area (Å²) >= 11 is 0. The van der Waals surface area contributed by atoms with Gasteiger partial charge in [-0.25, -0.2) is 4.39 Å². The van der Waals surface area contributed by atoms with Gasteiger partial charge in [-0.15, -0.1) is 0 Å². The Morgan fingerprint density at radius 3 is 2.85 bits per heavy atom. The van der Waals surface area contributed by atoms with E-state index in [4.69, 9.17) is 5.11 Å². The molecule has 0 atom stereocenters. The first kappa shape index (κ1) is 14.9. The molecule has 0 aliphatic heterocycles. The van der Waals surface area contributed by atoms with E-state index in [2.05, 4.69) is 16.8 Å². The van der Waals surface area contributed by atoms with Crippen molar-refractivity contribution in [3.05, 3.63) is 41.8 Å². The fraction of sp³-hybridized carbons (Fsp3) is 0.438. The van der Waals surface area contributed by atoms with Gasteiger partial charge in [-0.1, -0.05) is 19.4 Å². The maximum atomic E-state index is 13.8. The lowest BCUT2D eigenvalue weighted by molar-refractivity contribution is 0.188. The van der Waals surface area contributed by atoms with Gasteiger partial charge in [0.15, 0.2) is 0 Å². The minimum atomic E-state index is -0.237. The van der Waals surface area contributed by atoms with E-state index in [0.29, 0.717) is 24.0 Å². The van der Waals surface area contributed by atoms with E-state index in [-0.39, 0.29) is 12.4 Å². The number of aliphatic hydroxyl groups is 1. The molecule has 1 heterocycles. The molecule has 1 N–H and O–H groups in total. The molecule has 1 aromatic heterocycles. The van der Waals surface area contributed by atoms with Crippen molar-refractivity contribution in [2.75, 3.05) is 19.7 Å². The summed E-state index contributed by atoms with van der Waals surface area (Å²) in [5.74, 6) is -0.237. The van der Waals surface area contributed by atoms with Gasteiger partial charge in [-0.3, -0.25) is 9.88 Å². The minimum Gasteiger partial charge on any atom is -0.395 e. The van der Waals surface area contributed by atoms with Crippen LogP contribution in [0.5, 0.6) is 0 Å². The summed E-state index contributed by atoms with van der Waals surface area (Å²) in [4.78, 5) is 6.49. The molecular formula is C16H21FN2O. The summed E-state index contributed by atoms with van der Waals surface area (Å²) in [6, 6.07) is 6.79. The molecule has 0 bridgehead atoms. The van der Waals surface area contributed by atoms with Gasteiger partial charge in [-0.2, -0.15) is 0 Å². The first-order chi connectivity index (χ1) is 9.76. The third-order valence-corrected chi connectivity index (χ3v) is 3.44. The first-order valence-corrected chi connectivity index (χ1v) is 7.11. The summed E-state index contributed by atoms with van der Waals surface area (Å²) in [7, 11) is 0. The van der Waals surface area contributed by atoms with Crippen molar-refractivity contribution in [1.82, 2.24) is 9.88 Å². The van der Waals surface area contributed by atoms with Gasteiger partial charge in [0, 0.05) is 24.7 Å². The van der Waals surface area contributed by atoms with Crippen LogP contribution in [0.4, 0.5) is 4.39 Å². The second-order valence-electron chi connectivity index (χ2n) is 4.96. The highest BCUT2D eigenvalue weighted by Gasteiger charge is 2.10. The van der Waals surface area contributed by atoms with E-state index < -0.39 is 0 Å². The summed E-state index contributed by atoms with van der Waals surface area (Å²) in [6.45, 7) is 4.53. The predicted octanol–water partition coefficient (Wildman–Crippen LogP) is 2.97. The van der Waals surface area contributed by atoms with Gasteiger partial charge in [0.25, 0.3) is 0 Å². The van der Waals surface area contributed by atoms with Crippen molar-refractivity contribution in [3.63, 3.8) is 0 Å². The third-order valence-electron chi connectivity index (χ3n) is 3.44. The Morgan fingerprint density at radius 1 is 1.25 bits per heavy atom. The molecule has 3 nitrogen and oxygen atoms in total. The zero-order chi connectivity index (χ0) is 14.4. The number of nitrogens with zero attached hydrogens (tertiary/aromatic N) is 2. The number of halogens is 1. The lowest BCUT2D eigenvalue weighted by Gasteiger charge is -2.21. The van der Waals surface area contributed by atoms with Crippen molar-refractivity contribution in [2.24, 2.45) is 0 Å². The van der Waals surface area contributed by atoms with E-state index in [1.54, 1.807) is 24.4 Å². The van der Waals surface area contributed by atoms with Crippen LogP contribution >= 0.6 is 0 Å². The van der Waals surface area contributed by atoms with E-state index in [1.165, 1.54) is 6.07 Å². The SMILES string of the molecule is CCCCN(CCO)Cc1ccc(F)c2cccnc12. The standard InChI is InChI=1S/C16H21FN2O/c1-2-3-9-19(10-11-20)12-13-6-7-15(17)14-5-4-8-18-16(13)14/h4-8,20H,2-3,9-12H2,1H3. The second-order valence-corrected chi connectivity index (χ2v) is 4.96. The Kier molecular flexibility index (Phi) is 5.44. The van der Waals surface area contributed by atoms with Crippen molar-refractivity contribution >= 4 is 10.9 Å². The summed E-state index contributed by atoms with van der Waals surface area (Å²) < 4.78 is 13.8. The van der Waals surface area contributed by atoms with Crippen LogP contribution in [0.3, 0.4) is 0 Å². The first-order valence-electron chi connectivity index (χ1n) is 7.11. The Hall–Kier alpha value is -1.52. The number of aliphatic hydroxyl groups excluding tert-OH is 1. The molecule has 0 amide bonds. The molecule has 0 unspecified atom stereocenters. The molecule has 0 radical (unpaired) electrons. The number of pyridine rings is 1. The molecule has 0 saturated heterocycles. The molecular weight excluding hydrogens is 255 g/mol. The summed E-state index contributed by atoms with van der Waals surface area (Å²) in [6.07, 6.45) is 3.89. The largest absolute Gasteiger partial charge is 0.395 e. The van der Waals surface area contributed by atoms with E-state index >= 15 is 0 Å². The zero-order valence-electron chi connectivity index (χ0n) is 11.8. The number of unbranched alkanes of at least 4 members (excludes halogenated alkanes) is 1. The number of benzene rings is 1. The fourth-order valence-corrected chi connectivity index (χ4v) is 2.36. The molecule has 1 aromatic carbocycles. The molecule has 4 heteroatoms. The van der Waals surface area contributed by atoms with Gasteiger partial charge in [0.05, 0.1) is 12.1 Å². The van der Waals surface area contributed by atoms with Gasteiger partial charge >= 0.3 is 0 Å². The Bertz CT molecular complexity index is 559. The molecule has 0 spiro atoms. The normalized spacial score (nSPS) is 11.4. The molecule has 2 aromatic rings. The van der Waals surface area contributed by atoms with Crippen LogP contribution in [0.2, 0.25) is 0 Å². The lowest BCUT2D eigenvalue weighted by Crippen LogP contribution is -2.27. The molecule has 0 aliphatic carbocycles. The topological polar surface area (TPSA) is 36.4 Å². The van der Waals surface area contributed by atoms with Crippen LogP contribution in [0.15, 0.2) is 30.5 Å². The van der Waals surface area contributed by atoms with Crippen LogP contribution < -0.4 is 0 Å². The number of rotatable bonds is 7. The van der Waals surface area contributed by atoms with E-state index in [1.807, 2.05) is 0 Å². The Morgan fingerprint density at radius 2 is 2.10 bits per heavy atom. The predicted molar refractivity (Wildman–Crippen MR) is 79.0 cm³/mol. The molecule has 0 aliphatic rings. The van der Waals surface area contributed by atoms with Crippen molar-refractivity contribution in [3.8, 4) is 0 Å². The maximum absolute atomic E-state index is 13.8. The smallest absolute Gasteiger partial charge is 0.132 e. The van der Waals surface area contributed by atoms with Gasteiger partial charge in [0.1, 0.15) is 5.82 Å². The quantitative estimate of drug-likeness (QED) is 0.844. The van der Waals surface area contributed by atoms with Crippen molar-refractivity contribution < 1.29 is 9.50 Å². The number of aromatic nitrogens is 1. The van der Waals surface area contributed by atoms with E-state index in [0.717, 1.165) is 24.9 Å². The van der Waals surface area contributed by atoms with Crippen LogP contribution in [0.25, 0.3) is 10.9 Å². The second kappa shape index (κ2) is 7.31. The van der Waals surface area contributed by atoms with Crippen molar-refractivity contribution in [1.29, 1.82) is 0 Å². The summed E-state index contributed by atoms with van der Waals surface area (Å²) in [5, 5.41) is 9.71. The highest BCUT2D eigenvalue weighted by molar-refractivity contribution is 5.82. The number of hydrogen-bond acceptors (Lipinski definition) is 3. The average Bonchev–Trinajstić information content (AvgIpc) is 2.48. The van der Waals surface area contributed by atoms with Gasteiger partial charge < -0.3 is 5.11 Å². The molecule has 108 valence electrons. The zero-order valence-corrected chi connectivity index (χ0v) is 11.8. The van der Waals surface area contributed by atoms with Gasteiger partial charge in [-0.05, 0) is 36.7 Å². The minimum absolute atomic E-state index is 0.135. The third kappa shape index (κ3) is 3.52. The number of fused-ring (bicyclic) bond motifs is 1. The fourth-order valence-electron chi connectivity index (χ4n) is 2.36. The van der Waals surface area contributed by atoms with Crippen LogP contribution in [-0.4, -0.2) is 34.7 Å². The molecule has 2 rings (SSSR count). The molecule has 20 heavy (non-hydrogen) atoms. The van der Waals surface area contributed by atoms with Crippen LogP contribution in [0.1, 0.15) is 25.3 Å². The average molecular weight is 276 g/mol. The Labute approximate surface area is 119 Å². The summed E-state index contributed by atoms with van der Waals surface area (Å²) in [5.41, 5.74) is 1.72. The van der Waals surface area contributed by atoms with Crippen LogP contribution in [-0.2, 0) is 6.54 Å².